The predicted molar refractivity (Wildman–Crippen MR) is 120 cm³/mol. The normalized spacial score (nSPS) is 13.5. The summed E-state index contributed by atoms with van der Waals surface area (Å²) < 4.78 is 0. The van der Waals surface area contributed by atoms with Gasteiger partial charge in [-0.25, -0.2) is 0 Å². The van der Waals surface area contributed by atoms with Crippen LogP contribution in [-0.4, -0.2) is 47.8 Å². The van der Waals surface area contributed by atoms with Gasteiger partial charge in [0.15, 0.2) is 0 Å². The highest BCUT2D eigenvalue weighted by Gasteiger charge is 2.22. The first-order chi connectivity index (χ1) is 14.8. The molecule has 3 rings (SSSR count). The molecule has 2 amide bonds. The number of benzene rings is 2. The molecule has 0 saturated carbocycles. The number of piperidine rings is 1. The lowest BCUT2D eigenvalue weighted by Crippen LogP contribution is -2.45. The molecule has 0 bridgehead atoms. The Bertz CT molecular complexity index is 953. The number of likely N-dealkylation sites (tertiary alicyclic amines) is 1. The highest BCUT2D eigenvalue weighted by Crippen LogP contribution is 2.22. The second kappa shape index (κ2) is 10.1. The van der Waals surface area contributed by atoms with Crippen molar-refractivity contribution in [3.63, 3.8) is 0 Å². The van der Waals surface area contributed by atoms with Crippen molar-refractivity contribution in [3.05, 3.63) is 63.7 Å². The maximum absolute atomic E-state index is 12.8. The molecule has 0 spiro atoms. The number of nitrogens with zero attached hydrogens (tertiary/aromatic N) is 3. The van der Waals surface area contributed by atoms with Crippen LogP contribution in [0.2, 0.25) is 0 Å². The highest BCUT2D eigenvalue weighted by atomic mass is 16.6. The fourth-order valence-electron chi connectivity index (χ4n) is 3.62. The van der Waals surface area contributed by atoms with E-state index in [1.165, 1.54) is 12.1 Å². The number of anilines is 2. The summed E-state index contributed by atoms with van der Waals surface area (Å²) in [5.74, 6) is -0.338. The van der Waals surface area contributed by atoms with Gasteiger partial charge < -0.3 is 15.1 Å². The van der Waals surface area contributed by atoms with Crippen LogP contribution in [-0.2, 0) is 9.59 Å². The van der Waals surface area contributed by atoms with Gasteiger partial charge in [0.25, 0.3) is 5.69 Å². The van der Waals surface area contributed by atoms with Crippen LogP contribution < -0.4 is 10.2 Å². The Morgan fingerprint density at radius 3 is 2.35 bits per heavy atom. The number of amides is 2. The van der Waals surface area contributed by atoms with E-state index in [2.05, 4.69) is 5.32 Å². The van der Waals surface area contributed by atoms with E-state index in [1.807, 2.05) is 36.1 Å². The van der Waals surface area contributed by atoms with Crippen molar-refractivity contribution in [1.82, 2.24) is 4.90 Å². The van der Waals surface area contributed by atoms with Crippen LogP contribution in [0.5, 0.6) is 0 Å². The summed E-state index contributed by atoms with van der Waals surface area (Å²) in [5.41, 5.74) is 2.90. The molecule has 1 aliphatic rings. The molecule has 8 nitrogen and oxygen atoms in total. The van der Waals surface area contributed by atoms with E-state index in [0.29, 0.717) is 5.69 Å². The van der Waals surface area contributed by atoms with E-state index in [9.17, 15) is 19.7 Å². The van der Waals surface area contributed by atoms with E-state index in [1.54, 1.807) is 17.9 Å². The van der Waals surface area contributed by atoms with Gasteiger partial charge in [-0.3, -0.25) is 19.7 Å². The van der Waals surface area contributed by atoms with Gasteiger partial charge in [0.2, 0.25) is 11.8 Å². The lowest BCUT2D eigenvalue weighted by atomic mass is 10.1. The second-order valence-corrected chi connectivity index (χ2v) is 7.94. The number of aryl methyl sites for hydroxylation is 2. The van der Waals surface area contributed by atoms with Gasteiger partial charge in [-0.1, -0.05) is 23.8 Å². The summed E-state index contributed by atoms with van der Waals surface area (Å²) in [6.07, 6.45) is 3.14. The first kappa shape index (κ1) is 22.3. The number of nitro benzene ring substituents is 1. The molecule has 0 unspecified atom stereocenters. The number of hydrogen-bond donors (Lipinski definition) is 1. The molecule has 1 fully saturated rings. The Hall–Kier alpha value is -3.42. The molecule has 164 valence electrons. The maximum atomic E-state index is 12.8. The van der Waals surface area contributed by atoms with Crippen molar-refractivity contribution in [1.29, 1.82) is 0 Å². The van der Waals surface area contributed by atoms with Crippen LogP contribution in [0.15, 0.2) is 42.5 Å². The largest absolute Gasteiger partial charge is 0.353 e. The van der Waals surface area contributed by atoms with Crippen molar-refractivity contribution < 1.29 is 14.5 Å². The quantitative estimate of drug-likeness (QED) is 0.540. The van der Waals surface area contributed by atoms with Gasteiger partial charge in [-0.05, 0) is 50.8 Å². The Kier molecular flexibility index (Phi) is 7.23. The first-order valence-electron chi connectivity index (χ1n) is 10.5. The van der Waals surface area contributed by atoms with E-state index in [4.69, 9.17) is 0 Å². The minimum Gasteiger partial charge on any atom is -0.353 e. The van der Waals surface area contributed by atoms with Gasteiger partial charge in [0, 0.05) is 30.9 Å². The van der Waals surface area contributed by atoms with Crippen LogP contribution in [0, 0.1) is 24.0 Å². The van der Waals surface area contributed by atoms with Crippen molar-refractivity contribution in [2.45, 2.75) is 33.1 Å². The van der Waals surface area contributed by atoms with Crippen molar-refractivity contribution >= 4 is 28.9 Å². The van der Waals surface area contributed by atoms with E-state index in [0.717, 1.165) is 49.2 Å². The number of non-ortho nitro benzene ring substituents is 1. The number of carbonyl (C=O) groups excluding carboxylic acids is 2. The molecule has 31 heavy (non-hydrogen) atoms. The molecule has 1 saturated heterocycles. The molecular weight excluding hydrogens is 396 g/mol. The molecular formula is C23H28N4O4. The average Bonchev–Trinajstić information content (AvgIpc) is 2.75. The zero-order valence-electron chi connectivity index (χ0n) is 18.0. The smallest absolute Gasteiger partial charge is 0.271 e. The number of nitrogens with one attached hydrogen (secondary N) is 1. The Labute approximate surface area is 182 Å². The minimum atomic E-state index is -0.495. The predicted octanol–water partition coefficient (Wildman–Crippen LogP) is 3.67. The third kappa shape index (κ3) is 6.04. The number of carbonyl (C=O) groups is 2. The first-order valence-corrected chi connectivity index (χ1v) is 10.5. The van der Waals surface area contributed by atoms with Crippen LogP contribution in [0.1, 0.15) is 30.4 Å². The fourth-order valence-corrected chi connectivity index (χ4v) is 3.62. The van der Waals surface area contributed by atoms with Gasteiger partial charge in [0.1, 0.15) is 0 Å². The van der Waals surface area contributed by atoms with Crippen molar-refractivity contribution in [2.75, 3.05) is 36.4 Å². The van der Waals surface area contributed by atoms with E-state index < -0.39 is 4.92 Å². The van der Waals surface area contributed by atoms with Gasteiger partial charge in [0.05, 0.1) is 23.7 Å². The van der Waals surface area contributed by atoms with Crippen LogP contribution in [0.3, 0.4) is 0 Å². The van der Waals surface area contributed by atoms with Gasteiger partial charge in [-0.2, -0.15) is 0 Å². The Morgan fingerprint density at radius 1 is 1.03 bits per heavy atom. The van der Waals surface area contributed by atoms with Crippen LogP contribution >= 0.6 is 0 Å². The lowest BCUT2D eigenvalue weighted by molar-refractivity contribution is -0.384. The average molecular weight is 425 g/mol. The lowest BCUT2D eigenvalue weighted by Gasteiger charge is -2.31. The van der Waals surface area contributed by atoms with E-state index >= 15 is 0 Å². The molecule has 2 aromatic carbocycles. The monoisotopic (exact) mass is 424 g/mol. The van der Waals surface area contributed by atoms with Gasteiger partial charge >= 0.3 is 0 Å². The number of nitro groups is 1. The fraction of sp³-hybridized carbons (Fsp3) is 0.391. The molecule has 8 heteroatoms. The maximum Gasteiger partial charge on any atom is 0.271 e. The van der Waals surface area contributed by atoms with Gasteiger partial charge in [-0.15, -0.1) is 0 Å². The third-order valence-corrected chi connectivity index (χ3v) is 5.47. The van der Waals surface area contributed by atoms with Crippen LogP contribution in [0.4, 0.5) is 17.1 Å². The Balaban J connectivity index is 1.75. The minimum absolute atomic E-state index is 0.000366. The topological polar surface area (TPSA) is 95.8 Å². The molecule has 1 heterocycles. The molecule has 2 aromatic rings. The molecule has 0 aliphatic carbocycles. The zero-order valence-corrected chi connectivity index (χ0v) is 18.0. The SMILES string of the molecule is Cc1ccc(N(CC(=O)Nc2cc([N+](=O)[O-])ccc2C)CC(=O)N2CCCCC2)cc1. The molecule has 1 aliphatic heterocycles. The summed E-state index contributed by atoms with van der Waals surface area (Å²) >= 11 is 0. The van der Waals surface area contributed by atoms with Crippen molar-refractivity contribution in [2.24, 2.45) is 0 Å². The molecule has 0 atom stereocenters. The molecule has 0 radical (unpaired) electrons. The summed E-state index contributed by atoms with van der Waals surface area (Å²) in [4.78, 5) is 39.8. The van der Waals surface area contributed by atoms with Crippen LogP contribution in [0.25, 0.3) is 0 Å². The summed E-state index contributed by atoms with van der Waals surface area (Å²) in [5, 5.41) is 13.8. The molecule has 0 aromatic heterocycles. The summed E-state index contributed by atoms with van der Waals surface area (Å²) in [6.45, 7) is 5.32. The third-order valence-electron chi connectivity index (χ3n) is 5.47. The standard InChI is InChI=1S/C23H28N4O4/c1-17-6-9-19(10-7-17)26(16-23(29)25-12-4-3-5-13-25)15-22(28)24-21-14-20(27(30)31)11-8-18(21)2/h6-11,14H,3-5,12-13,15-16H2,1-2H3,(H,24,28). The molecule has 1 N–H and O–H groups in total. The number of hydrogen-bond acceptors (Lipinski definition) is 5. The number of rotatable bonds is 7. The van der Waals surface area contributed by atoms with E-state index in [-0.39, 0.29) is 30.6 Å². The second-order valence-electron chi connectivity index (χ2n) is 7.94. The van der Waals surface area contributed by atoms with Crippen molar-refractivity contribution in [3.8, 4) is 0 Å². The summed E-state index contributed by atoms with van der Waals surface area (Å²) in [6, 6.07) is 12.0. The highest BCUT2D eigenvalue weighted by molar-refractivity contribution is 5.96. The zero-order chi connectivity index (χ0) is 22.4. The Morgan fingerprint density at radius 2 is 1.71 bits per heavy atom. The summed E-state index contributed by atoms with van der Waals surface area (Å²) in [7, 11) is 0.